The molecule has 1 amide bonds. The summed E-state index contributed by atoms with van der Waals surface area (Å²) in [5.41, 5.74) is 0.325. The number of hydrogen-bond acceptors (Lipinski definition) is 4. The van der Waals surface area contributed by atoms with Gasteiger partial charge in [0.1, 0.15) is 5.78 Å². The van der Waals surface area contributed by atoms with Crippen LogP contribution in [0.4, 0.5) is 10.5 Å². The summed E-state index contributed by atoms with van der Waals surface area (Å²) in [6.07, 6.45) is 5.72. The summed E-state index contributed by atoms with van der Waals surface area (Å²) in [4.78, 5) is 41.0. The van der Waals surface area contributed by atoms with Crippen LogP contribution in [0.5, 0.6) is 0 Å². The Hall–Kier alpha value is -2.17. The number of amides is 1. The van der Waals surface area contributed by atoms with E-state index in [2.05, 4.69) is 13.8 Å². The third-order valence-electron chi connectivity index (χ3n) is 7.75. The number of hydrogen-bond donors (Lipinski definition) is 0. The van der Waals surface area contributed by atoms with Crippen molar-refractivity contribution in [3.05, 3.63) is 30.3 Å². The van der Waals surface area contributed by atoms with Crippen LogP contribution in [0, 0.1) is 23.2 Å². The van der Waals surface area contributed by atoms with E-state index in [1.54, 1.807) is 4.90 Å². The number of rotatable bonds is 10. The number of nitrogens with zero attached hydrogens (tertiary/aromatic N) is 1. The molecule has 4 unspecified atom stereocenters. The summed E-state index contributed by atoms with van der Waals surface area (Å²) in [5, 5.41) is 0. The molecule has 2 aliphatic rings. The summed E-state index contributed by atoms with van der Waals surface area (Å²) in [6.45, 7) is 8.74. The molecule has 0 radical (unpaired) electrons. The fraction of sp³-hybridized carbons (Fsp3) is 0.654. The van der Waals surface area contributed by atoms with E-state index in [1.165, 1.54) is 0 Å². The van der Waals surface area contributed by atoms with Crippen LogP contribution in [0.1, 0.15) is 72.6 Å². The molecular weight excluding hydrogens is 390 g/mol. The highest BCUT2D eigenvalue weighted by Crippen LogP contribution is 2.57. The van der Waals surface area contributed by atoms with Crippen molar-refractivity contribution in [3.8, 4) is 0 Å². The maximum atomic E-state index is 13.4. The fourth-order valence-electron chi connectivity index (χ4n) is 5.57. The van der Waals surface area contributed by atoms with Crippen LogP contribution in [-0.2, 0) is 14.3 Å². The van der Waals surface area contributed by atoms with Crippen molar-refractivity contribution >= 4 is 23.3 Å². The van der Waals surface area contributed by atoms with Crippen molar-refractivity contribution in [1.82, 2.24) is 0 Å². The van der Waals surface area contributed by atoms with Crippen molar-refractivity contribution in [1.29, 1.82) is 0 Å². The highest BCUT2D eigenvalue weighted by atomic mass is 16.6. The minimum atomic E-state index is -0.717. The number of benzene rings is 1. The molecule has 0 spiro atoms. The molecule has 0 aromatic heterocycles. The van der Waals surface area contributed by atoms with Gasteiger partial charge < -0.3 is 4.74 Å². The lowest BCUT2D eigenvalue weighted by Crippen LogP contribution is -2.73. The van der Waals surface area contributed by atoms with Gasteiger partial charge in [0.25, 0.3) is 0 Å². The average Bonchev–Trinajstić information content (AvgIpc) is 2.79. The predicted octanol–water partition coefficient (Wildman–Crippen LogP) is 5.81. The number of anilines is 1. The van der Waals surface area contributed by atoms with Crippen LogP contribution in [0.2, 0.25) is 0 Å². The molecule has 2 aliphatic carbocycles. The zero-order chi connectivity index (χ0) is 22.6. The van der Waals surface area contributed by atoms with Gasteiger partial charge in [-0.1, -0.05) is 65.2 Å². The highest BCUT2D eigenvalue weighted by molar-refractivity contribution is 6.14. The van der Waals surface area contributed by atoms with Crippen LogP contribution < -0.4 is 4.90 Å². The van der Waals surface area contributed by atoms with Crippen molar-refractivity contribution in [2.24, 2.45) is 23.2 Å². The van der Waals surface area contributed by atoms with E-state index in [9.17, 15) is 14.4 Å². The van der Waals surface area contributed by atoms with Crippen LogP contribution in [0.15, 0.2) is 30.3 Å². The van der Waals surface area contributed by atoms with E-state index < -0.39 is 18.1 Å². The van der Waals surface area contributed by atoms with Gasteiger partial charge >= 0.3 is 6.09 Å². The molecule has 1 aromatic carbocycles. The summed E-state index contributed by atoms with van der Waals surface area (Å²) in [7, 11) is 0. The van der Waals surface area contributed by atoms with Gasteiger partial charge in [-0.25, -0.2) is 4.79 Å². The molecule has 0 saturated heterocycles. The Bertz CT molecular complexity index is 778. The maximum Gasteiger partial charge on any atom is 0.414 e. The fourth-order valence-corrected chi connectivity index (χ4v) is 5.57. The molecule has 31 heavy (non-hydrogen) atoms. The first-order valence-corrected chi connectivity index (χ1v) is 12.0. The van der Waals surface area contributed by atoms with Gasteiger partial charge in [-0.05, 0) is 42.7 Å². The Balaban J connectivity index is 1.89. The number of Topliss-reactive ketones (excluding diaryl/α,β-unsaturated/α-hetero) is 2. The normalized spacial score (nSPS) is 25.0. The first kappa shape index (κ1) is 23.5. The molecule has 4 atom stereocenters. The molecule has 2 saturated carbocycles. The summed E-state index contributed by atoms with van der Waals surface area (Å²) in [6, 6.07) is 8.91. The number of carbonyl (C=O) groups excluding carboxylic acids is 3. The molecule has 1 aromatic rings. The van der Waals surface area contributed by atoms with Crippen molar-refractivity contribution in [3.63, 3.8) is 0 Å². The topological polar surface area (TPSA) is 63.7 Å². The molecule has 0 N–H and O–H groups in total. The van der Waals surface area contributed by atoms with Gasteiger partial charge in [-0.2, -0.15) is 0 Å². The molecule has 0 heterocycles. The van der Waals surface area contributed by atoms with Crippen molar-refractivity contribution in [2.45, 2.75) is 78.7 Å². The van der Waals surface area contributed by atoms with E-state index >= 15 is 0 Å². The van der Waals surface area contributed by atoms with Crippen LogP contribution in [0.3, 0.4) is 0 Å². The highest BCUT2D eigenvalue weighted by Gasteiger charge is 2.68. The number of ether oxygens (including phenoxy) is 1. The smallest absolute Gasteiger partial charge is 0.414 e. The predicted molar refractivity (Wildman–Crippen MR) is 122 cm³/mol. The summed E-state index contributed by atoms with van der Waals surface area (Å²) >= 11 is 0. The van der Waals surface area contributed by atoms with Crippen molar-refractivity contribution < 1.29 is 19.1 Å². The van der Waals surface area contributed by atoms with Crippen LogP contribution >= 0.6 is 0 Å². The average molecular weight is 428 g/mol. The number of unbranched alkanes of at least 4 members (excludes halogenated alkanes) is 1. The number of carbonyl (C=O) groups is 3. The summed E-state index contributed by atoms with van der Waals surface area (Å²) in [5.74, 6) is -0.709. The van der Waals surface area contributed by atoms with Crippen LogP contribution in [0.25, 0.3) is 0 Å². The number of fused-ring (bicyclic) bond motifs is 2. The maximum absolute atomic E-state index is 13.4. The number of ketones is 2. The van der Waals surface area contributed by atoms with Gasteiger partial charge in [-0.3, -0.25) is 14.5 Å². The van der Waals surface area contributed by atoms with Gasteiger partial charge in [0.2, 0.25) is 0 Å². The Kier molecular flexibility index (Phi) is 7.55. The van der Waals surface area contributed by atoms with E-state index in [1.807, 2.05) is 44.2 Å². The van der Waals surface area contributed by atoms with E-state index in [0.29, 0.717) is 24.6 Å². The molecule has 2 fully saturated rings. The molecule has 5 nitrogen and oxygen atoms in total. The van der Waals surface area contributed by atoms with E-state index in [4.69, 9.17) is 4.74 Å². The van der Waals surface area contributed by atoms with E-state index in [-0.39, 0.29) is 22.9 Å². The molecule has 170 valence electrons. The Morgan fingerprint density at radius 1 is 1.13 bits per heavy atom. The quantitative estimate of drug-likeness (QED) is 0.442. The lowest BCUT2D eigenvalue weighted by atomic mass is 9.46. The molecule has 5 heteroatoms. The lowest BCUT2D eigenvalue weighted by molar-refractivity contribution is -0.164. The van der Waals surface area contributed by atoms with Gasteiger partial charge in [0, 0.05) is 18.0 Å². The zero-order valence-corrected chi connectivity index (χ0v) is 19.4. The number of para-hydroxylation sites is 1. The molecule has 2 bridgehead atoms. The third kappa shape index (κ3) is 4.28. The Labute approximate surface area is 186 Å². The van der Waals surface area contributed by atoms with E-state index in [0.717, 1.165) is 38.5 Å². The second-order valence-corrected chi connectivity index (χ2v) is 9.26. The minimum absolute atomic E-state index is 0.00746. The first-order chi connectivity index (χ1) is 14.9. The standard InChI is InChI=1S/C26H37NO4/c1-5-9-13-18(6-2)17-31-25(30)27(19-14-11-10-12-15-19)23-21-20(28)16-26(7-3,8-4)22(23)24(21)29/h10-12,14-15,18,21-23H,5-9,13,16-17H2,1-4H3. The summed E-state index contributed by atoms with van der Waals surface area (Å²) < 4.78 is 5.80. The second-order valence-electron chi connectivity index (χ2n) is 9.26. The minimum Gasteiger partial charge on any atom is -0.449 e. The van der Waals surface area contributed by atoms with Gasteiger partial charge in [0.05, 0.1) is 18.6 Å². The zero-order valence-electron chi connectivity index (χ0n) is 19.4. The Morgan fingerprint density at radius 3 is 2.35 bits per heavy atom. The van der Waals surface area contributed by atoms with Crippen LogP contribution in [-0.4, -0.2) is 30.3 Å². The first-order valence-electron chi connectivity index (χ1n) is 12.0. The molecule has 0 aliphatic heterocycles. The second kappa shape index (κ2) is 9.97. The lowest BCUT2D eigenvalue weighted by Gasteiger charge is -2.59. The van der Waals surface area contributed by atoms with Gasteiger partial charge in [-0.15, -0.1) is 0 Å². The monoisotopic (exact) mass is 427 g/mol. The Morgan fingerprint density at radius 2 is 1.81 bits per heavy atom. The SMILES string of the molecule is CCCCC(CC)COC(=O)N(c1ccccc1)C1C2C(=O)CC(CC)(CC)C1C2=O. The van der Waals surface area contributed by atoms with Gasteiger partial charge in [0.15, 0.2) is 5.78 Å². The van der Waals surface area contributed by atoms with Crippen molar-refractivity contribution in [2.75, 3.05) is 11.5 Å². The largest absolute Gasteiger partial charge is 0.449 e. The molecule has 3 rings (SSSR count). The molecular formula is C26H37NO4. The third-order valence-corrected chi connectivity index (χ3v) is 7.75.